The van der Waals surface area contributed by atoms with Gasteiger partial charge in [-0.3, -0.25) is 0 Å². The fourth-order valence-electron chi connectivity index (χ4n) is 2.23. The lowest BCUT2D eigenvalue weighted by atomic mass is 10.2. The molecule has 118 valence electrons. The number of benzene rings is 2. The second-order valence-electron chi connectivity index (χ2n) is 5.14. The van der Waals surface area contributed by atoms with Gasteiger partial charge in [0.25, 0.3) is 0 Å². The molecule has 0 N–H and O–H groups in total. The summed E-state index contributed by atoms with van der Waals surface area (Å²) >= 11 is 1.70. The molecule has 0 aliphatic carbocycles. The van der Waals surface area contributed by atoms with E-state index in [2.05, 4.69) is 17.2 Å². The van der Waals surface area contributed by atoms with Crippen molar-refractivity contribution in [3.05, 3.63) is 60.8 Å². The van der Waals surface area contributed by atoms with Crippen LogP contribution < -0.4 is 0 Å². The molecule has 0 radical (unpaired) electrons. The number of nitrogens with zero attached hydrogens (tertiary/aromatic N) is 2. The molecule has 1 heterocycles. The van der Waals surface area contributed by atoms with Crippen LogP contribution in [0.4, 0.5) is 0 Å². The molecule has 0 saturated heterocycles. The molecular formula is C17H16N2O2S2. The normalized spacial score (nSPS) is 11.6. The average Bonchev–Trinajstić information content (AvgIpc) is 3.04. The summed E-state index contributed by atoms with van der Waals surface area (Å²) in [5.74, 6) is 0. The van der Waals surface area contributed by atoms with Gasteiger partial charge in [0.05, 0.1) is 16.3 Å². The topological polar surface area (TPSA) is 52.0 Å². The molecule has 3 rings (SSSR count). The highest BCUT2D eigenvalue weighted by Crippen LogP contribution is 2.22. The Kier molecular flexibility index (Phi) is 4.28. The van der Waals surface area contributed by atoms with Crippen LogP contribution >= 0.6 is 11.8 Å². The maximum atomic E-state index is 11.5. The zero-order valence-corrected chi connectivity index (χ0v) is 14.4. The Hall–Kier alpha value is -2.05. The van der Waals surface area contributed by atoms with Gasteiger partial charge in [-0.05, 0) is 48.7 Å². The first-order valence-corrected chi connectivity index (χ1v) is 10.1. The lowest BCUT2D eigenvalue weighted by molar-refractivity contribution is 0.602. The fraction of sp³-hybridized carbons (Fsp3) is 0.118. The Morgan fingerprint density at radius 2 is 1.61 bits per heavy atom. The van der Waals surface area contributed by atoms with Gasteiger partial charge in [0.2, 0.25) is 0 Å². The third-order valence-electron chi connectivity index (χ3n) is 3.50. The Balaban J connectivity index is 1.89. The van der Waals surface area contributed by atoms with Crippen molar-refractivity contribution in [2.75, 3.05) is 12.5 Å². The third-order valence-corrected chi connectivity index (χ3v) is 5.38. The van der Waals surface area contributed by atoms with Gasteiger partial charge in [0, 0.05) is 22.9 Å². The van der Waals surface area contributed by atoms with Crippen molar-refractivity contribution in [3.8, 4) is 16.9 Å². The summed E-state index contributed by atoms with van der Waals surface area (Å²) in [6.07, 6.45) is 5.11. The second kappa shape index (κ2) is 6.22. The summed E-state index contributed by atoms with van der Waals surface area (Å²) in [5, 5.41) is 4.56. The van der Waals surface area contributed by atoms with E-state index < -0.39 is 9.84 Å². The molecular weight excluding hydrogens is 328 g/mol. The Labute approximate surface area is 140 Å². The van der Waals surface area contributed by atoms with Gasteiger partial charge in [-0.25, -0.2) is 13.1 Å². The molecule has 4 nitrogen and oxygen atoms in total. The molecule has 0 unspecified atom stereocenters. The average molecular weight is 344 g/mol. The molecule has 0 aliphatic heterocycles. The monoisotopic (exact) mass is 344 g/mol. The van der Waals surface area contributed by atoms with Crippen molar-refractivity contribution >= 4 is 21.6 Å². The third kappa shape index (κ3) is 3.48. The predicted molar refractivity (Wildman–Crippen MR) is 93.9 cm³/mol. The zero-order valence-electron chi connectivity index (χ0n) is 12.8. The Bertz CT molecular complexity index is 912. The van der Waals surface area contributed by atoms with Crippen LogP contribution in [0.5, 0.6) is 0 Å². The second-order valence-corrected chi connectivity index (χ2v) is 8.04. The highest BCUT2D eigenvalue weighted by Gasteiger charge is 2.08. The summed E-state index contributed by atoms with van der Waals surface area (Å²) in [6.45, 7) is 0. The van der Waals surface area contributed by atoms with Crippen LogP contribution in [0.15, 0.2) is 70.6 Å². The van der Waals surface area contributed by atoms with E-state index in [4.69, 9.17) is 0 Å². The van der Waals surface area contributed by atoms with E-state index in [1.807, 2.05) is 30.7 Å². The summed E-state index contributed by atoms with van der Waals surface area (Å²) in [4.78, 5) is 1.52. The van der Waals surface area contributed by atoms with Crippen molar-refractivity contribution in [1.82, 2.24) is 9.78 Å². The lowest BCUT2D eigenvalue weighted by Gasteiger charge is -2.03. The van der Waals surface area contributed by atoms with E-state index in [9.17, 15) is 8.42 Å². The SMILES string of the molecule is CSc1ccc(-c2ccn(-c3ccc(S(C)(=O)=O)cc3)n2)cc1. The molecule has 0 amide bonds. The van der Waals surface area contributed by atoms with Gasteiger partial charge in [0.15, 0.2) is 9.84 Å². The number of aromatic nitrogens is 2. The maximum Gasteiger partial charge on any atom is 0.175 e. The highest BCUT2D eigenvalue weighted by molar-refractivity contribution is 7.98. The van der Waals surface area contributed by atoms with Crippen LogP contribution in [-0.4, -0.2) is 30.7 Å². The van der Waals surface area contributed by atoms with Crippen molar-refractivity contribution < 1.29 is 8.42 Å². The van der Waals surface area contributed by atoms with E-state index in [1.165, 1.54) is 11.2 Å². The van der Waals surface area contributed by atoms with Crippen LogP contribution in [0.2, 0.25) is 0 Å². The first-order valence-electron chi connectivity index (χ1n) is 6.98. The van der Waals surface area contributed by atoms with Crippen LogP contribution in [0.25, 0.3) is 16.9 Å². The van der Waals surface area contributed by atoms with Crippen molar-refractivity contribution in [1.29, 1.82) is 0 Å². The summed E-state index contributed by atoms with van der Waals surface area (Å²) in [5.41, 5.74) is 2.75. The van der Waals surface area contributed by atoms with Crippen LogP contribution in [0, 0.1) is 0 Å². The fourth-order valence-corrected chi connectivity index (χ4v) is 3.27. The molecule has 6 heteroatoms. The van der Waals surface area contributed by atoms with Gasteiger partial charge in [0.1, 0.15) is 0 Å². The number of hydrogen-bond donors (Lipinski definition) is 0. The number of thioether (sulfide) groups is 1. The molecule has 23 heavy (non-hydrogen) atoms. The van der Waals surface area contributed by atoms with Crippen molar-refractivity contribution in [3.63, 3.8) is 0 Å². The summed E-state index contributed by atoms with van der Waals surface area (Å²) < 4.78 is 24.7. The van der Waals surface area contributed by atoms with Gasteiger partial charge in [-0.1, -0.05) is 12.1 Å². The predicted octanol–water partition coefficient (Wildman–Crippen LogP) is 3.66. The zero-order chi connectivity index (χ0) is 16.4. The van der Waals surface area contributed by atoms with Gasteiger partial charge in [-0.15, -0.1) is 11.8 Å². The number of rotatable bonds is 4. The lowest BCUT2D eigenvalue weighted by Crippen LogP contribution is -1.99. The van der Waals surface area contributed by atoms with Gasteiger partial charge >= 0.3 is 0 Å². The summed E-state index contributed by atoms with van der Waals surface area (Å²) in [7, 11) is -3.18. The first kappa shape index (κ1) is 15.8. The standard InChI is InChI=1S/C17H16N2O2S2/c1-22-15-7-3-13(4-8-15)17-11-12-19(18-17)14-5-9-16(10-6-14)23(2,20)21/h3-12H,1-2H3. The quantitative estimate of drug-likeness (QED) is 0.678. The van der Waals surface area contributed by atoms with Gasteiger partial charge in [-0.2, -0.15) is 5.10 Å². The molecule has 0 aliphatic rings. The van der Waals surface area contributed by atoms with E-state index in [0.29, 0.717) is 4.90 Å². The minimum atomic E-state index is -3.18. The molecule has 0 saturated carbocycles. The Morgan fingerprint density at radius 1 is 0.957 bits per heavy atom. The minimum Gasteiger partial charge on any atom is -0.240 e. The largest absolute Gasteiger partial charge is 0.240 e. The molecule has 1 aromatic heterocycles. The van der Waals surface area contributed by atoms with Crippen molar-refractivity contribution in [2.24, 2.45) is 0 Å². The van der Waals surface area contributed by atoms with Crippen LogP contribution in [-0.2, 0) is 9.84 Å². The maximum absolute atomic E-state index is 11.5. The number of hydrogen-bond acceptors (Lipinski definition) is 4. The smallest absolute Gasteiger partial charge is 0.175 e. The molecule has 0 bridgehead atoms. The van der Waals surface area contributed by atoms with Crippen LogP contribution in [0.3, 0.4) is 0 Å². The molecule has 0 atom stereocenters. The van der Waals surface area contributed by atoms with E-state index in [-0.39, 0.29) is 0 Å². The van der Waals surface area contributed by atoms with Gasteiger partial charge < -0.3 is 0 Å². The summed E-state index contributed by atoms with van der Waals surface area (Å²) in [6, 6.07) is 16.9. The minimum absolute atomic E-state index is 0.307. The molecule has 0 fully saturated rings. The number of sulfone groups is 1. The van der Waals surface area contributed by atoms with E-state index in [1.54, 1.807) is 40.7 Å². The molecule has 2 aromatic carbocycles. The van der Waals surface area contributed by atoms with E-state index in [0.717, 1.165) is 16.9 Å². The van der Waals surface area contributed by atoms with Crippen LogP contribution in [0.1, 0.15) is 0 Å². The molecule has 3 aromatic rings. The Morgan fingerprint density at radius 3 is 2.17 bits per heavy atom. The first-order chi connectivity index (χ1) is 11.0. The highest BCUT2D eigenvalue weighted by atomic mass is 32.2. The van der Waals surface area contributed by atoms with E-state index >= 15 is 0 Å². The van der Waals surface area contributed by atoms with Crippen molar-refractivity contribution in [2.45, 2.75) is 9.79 Å². The molecule has 0 spiro atoms.